The van der Waals surface area contributed by atoms with Crippen molar-refractivity contribution in [2.24, 2.45) is 5.92 Å². The highest BCUT2D eigenvalue weighted by molar-refractivity contribution is 7.10. The molecule has 1 aliphatic rings. The van der Waals surface area contributed by atoms with Crippen LogP contribution in [0.1, 0.15) is 41.2 Å². The Morgan fingerprint density at radius 1 is 1.18 bits per heavy atom. The third-order valence-corrected chi connectivity index (χ3v) is 6.52. The normalized spacial score (nSPS) is 16.8. The van der Waals surface area contributed by atoms with Gasteiger partial charge in [0.05, 0.1) is 12.3 Å². The van der Waals surface area contributed by atoms with Crippen LogP contribution in [0.25, 0.3) is 11.1 Å². The molecule has 1 N–H and O–H groups in total. The Hall–Kier alpha value is -2.37. The minimum Gasteiger partial charge on any atom is -0.459 e. The van der Waals surface area contributed by atoms with Crippen molar-refractivity contribution in [1.29, 1.82) is 0 Å². The molecule has 1 fully saturated rings. The number of rotatable bonds is 6. The quantitative estimate of drug-likeness (QED) is 0.624. The van der Waals surface area contributed by atoms with Crippen molar-refractivity contribution >= 4 is 17.2 Å². The molecule has 5 heteroatoms. The molecule has 1 amide bonds. The third-order valence-electron chi connectivity index (χ3n) is 5.54. The lowest BCUT2D eigenvalue weighted by Crippen LogP contribution is -2.41. The summed E-state index contributed by atoms with van der Waals surface area (Å²) in [4.78, 5) is 16.7. The summed E-state index contributed by atoms with van der Waals surface area (Å²) in [5.41, 5.74) is 1.82. The van der Waals surface area contributed by atoms with E-state index in [-0.39, 0.29) is 11.9 Å². The summed E-state index contributed by atoms with van der Waals surface area (Å²) in [5.74, 6) is 1.01. The van der Waals surface area contributed by atoms with E-state index in [1.54, 1.807) is 17.6 Å². The van der Waals surface area contributed by atoms with Crippen molar-refractivity contribution in [2.45, 2.75) is 25.8 Å². The topological polar surface area (TPSA) is 45.5 Å². The highest BCUT2D eigenvalue weighted by Gasteiger charge is 2.26. The molecule has 2 aromatic heterocycles. The van der Waals surface area contributed by atoms with Crippen molar-refractivity contribution in [3.63, 3.8) is 0 Å². The number of furan rings is 1. The van der Waals surface area contributed by atoms with Gasteiger partial charge in [-0.3, -0.25) is 9.69 Å². The zero-order chi connectivity index (χ0) is 19.3. The Labute approximate surface area is 170 Å². The Balaban J connectivity index is 1.47. The molecule has 4 nitrogen and oxygen atoms in total. The maximum absolute atomic E-state index is 12.9. The van der Waals surface area contributed by atoms with Crippen molar-refractivity contribution in [2.75, 3.05) is 19.6 Å². The average molecular weight is 395 g/mol. The first-order valence-electron chi connectivity index (χ1n) is 9.91. The van der Waals surface area contributed by atoms with Gasteiger partial charge < -0.3 is 9.73 Å². The van der Waals surface area contributed by atoms with Crippen LogP contribution < -0.4 is 5.32 Å². The summed E-state index contributed by atoms with van der Waals surface area (Å²) in [7, 11) is 0. The maximum atomic E-state index is 12.9. The molecule has 4 rings (SSSR count). The summed E-state index contributed by atoms with van der Waals surface area (Å²) in [6, 6.07) is 16.2. The lowest BCUT2D eigenvalue weighted by Gasteiger charge is -2.36. The van der Waals surface area contributed by atoms with Crippen LogP contribution in [0.2, 0.25) is 0 Å². The van der Waals surface area contributed by atoms with Gasteiger partial charge in [-0.2, -0.15) is 0 Å². The predicted octanol–water partition coefficient (Wildman–Crippen LogP) is 5.21. The molecular weight excluding hydrogens is 368 g/mol. The number of benzene rings is 1. The number of thiophene rings is 1. The number of piperidine rings is 1. The molecule has 0 unspecified atom stereocenters. The van der Waals surface area contributed by atoms with E-state index >= 15 is 0 Å². The van der Waals surface area contributed by atoms with Crippen LogP contribution in [0.5, 0.6) is 0 Å². The van der Waals surface area contributed by atoms with Gasteiger partial charge in [0.1, 0.15) is 0 Å². The van der Waals surface area contributed by atoms with E-state index in [1.165, 1.54) is 17.7 Å². The van der Waals surface area contributed by atoms with Crippen molar-refractivity contribution in [1.82, 2.24) is 10.2 Å². The molecule has 1 aliphatic heterocycles. The lowest BCUT2D eigenvalue weighted by atomic mass is 9.97. The van der Waals surface area contributed by atoms with E-state index in [1.807, 2.05) is 36.4 Å². The average Bonchev–Trinajstić information content (AvgIpc) is 3.42. The van der Waals surface area contributed by atoms with Crippen LogP contribution in [0.15, 0.2) is 64.6 Å². The highest BCUT2D eigenvalue weighted by Crippen LogP contribution is 2.30. The molecule has 146 valence electrons. The monoisotopic (exact) mass is 394 g/mol. The summed E-state index contributed by atoms with van der Waals surface area (Å²) in [5, 5.41) is 5.23. The van der Waals surface area contributed by atoms with Crippen LogP contribution in [0, 0.1) is 5.92 Å². The number of hydrogen-bond donors (Lipinski definition) is 1. The zero-order valence-electron chi connectivity index (χ0n) is 16.1. The van der Waals surface area contributed by atoms with Crippen LogP contribution >= 0.6 is 11.3 Å². The summed E-state index contributed by atoms with van der Waals surface area (Å²) >= 11 is 1.76. The summed E-state index contributed by atoms with van der Waals surface area (Å²) in [6.07, 6.45) is 4.01. The summed E-state index contributed by atoms with van der Waals surface area (Å²) in [6.45, 7) is 5.06. The molecule has 1 atom stereocenters. The number of hydrogen-bond acceptors (Lipinski definition) is 4. The number of carbonyl (C=O) groups is 1. The zero-order valence-corrected chi connectivity index (χ0v) is 17.0. The minimum atomic E-state index is -0.157. The van der Waals surface area contributed by atoms with Crippen LogP contribution in [0.3, 0.4) is 0 Å². The molecule has 3 aromatic rings. The molecule has 0 bridgehead atoms. The number of likely N-dealkylation sites (tertiary alicyclic amines) is 1. The van der Waals surface area contributed by atoms with Gasteiger partial charge in [0.25, 0.3) is 5.91 Å². The molecule has 0 radical (unpaired) electrons. The van der Waals surface area contributed by atoms with E-state index in [0.717, 1.165) is 30.1 Å². The smallest absolute Gasteiger partial charge is 0.287 e. The van der Waals surface area contributed by atoms with Gasteiger partial charge in [-0.1, -0.05) is 43.3 Å². The van der Waals surface area contributed by atoms with Gasteiger partial charge in [0.15, 0.2) is 5.76 Å². The van der Waals surface area contributed by atoms with E-state index in [9.17, 15) is 4.79 Å². The van der Waals surface area contributed by atoms with E-state index in [4.69, 9.17) is 4.42 Å². The van der Waals surface area contributed by atoms with Gasteiger partial charge in [-0.25, -0.2) is 0 Å². The standard InChI is InChI=1S/C23H26N2O2S/c1-17-9-12-25(13-10-17)20(21-8-5-15-28-21)16-24-23(26)22-19(11-14-27-22)18-6-3-2-4-7-18/h2-8,11,14-15,17,20H,9-10,12-13,16H2,1H3,(H,24,26)/t20-/m1/s1. The molecule has 0 spiro atoms. The van der Waals surface area contributed by atoms with Gasteiger partial charge in [0, 0.05) is 17.0 Å². The SMILES string of the molecule is CC1CCN([C@H](CNC(=O)c2occc2-c2ccccc2)c2cccs2)CC1. The first kappa shape index (κ1) is 19.0. The van der Waals surface area contributed by atoms with Crippen molar-refractivity contribution in [3.8, 4) is 11.1 Å². The van der Waals surface area contributed by atoms with Crippen molar-refractivity contribution < 1.29 is 9.21 Å². The highest BCUT2D eigenvalue weighted by atomic mass is 32.1. The fourth-order valence-electron chi connectivity index (χ4n) is 3.83. The number of nitrogens with zero attached hydrogens (tertiary/aromatic N) is 1. The molecule has 28 heavy (non-hydrogen) atoms. The van der Waals surface area contributed by atoms with E-state index in [0.29, 0.717) is 12.3 Å². The maximum Gasteiger partial charge on any atom is 0.287 e. The minimum absolute atomic E-state index is 0.157. The van der Waals surface area contributed by atoms with Crippen LogP contribution in [-0.2, 0) is 0 Å². The number of nitrogens with one attached hydrogen (secondary N) is 1. The molecule has 1 aromatic carbocycles. The fourth-order valence-corrected chi connectivity index (χ4v) is 4.69. The molecule has 1 saturated heterocycles. The van der Waals surface area contributed by atoms with Crippen molar-refractivity contribution in [3.05, 3.63) is 70.8 Å². The van der Waals surface area contributed by atoms with Gasteiger partial charge in [-0.05, 0) is 54.9 Å². The second-order valence-electron chi connectivity index (χ2n) is 7.49. The third kappa shape index (κ3) is 4.21. The van der Waals surface area contributed by atoms with Crippen LogP contribution in [-0.4, -0.2) is 30.4 Å². The number of carbonyl (C=O) groups excluding carboxylic acids is 1. The largest absolute Gasteiger partial charge is 0.459 e. The summed E-state index contributed by atoms with van der Waals surface area (Å²) < 4.78 is 5.54. The Bertz CT molecular complexity index is 880. The van der Waals surface area contributed by atoms with E-state index in [2.05, 4.69) is 34.7 Å². The Morgan fingerprint density at radius 3 is 2.68 bits per heavy atom. The Kier molecular flexibility index (Phi) is 5.93. The molecule has 0 aliphatic carbocycles. The first-order chi connectivity index (χ1) is 13.7. The molecule has 3 heterocycles. The van der Waals surface area contributed by atoms with E-state index < -0.39 is 0 Å². The molecule has 0 saturated carbocycles. The fraction of sp³-hybridized carbons (Fsp3) is 0.348. The van der Waals surface area contributed by atoms with Gasteiger partial charge >= 0.3 is 0 Å². The Morgan fingerprint density at radius 2 is 1.96 bits per heavy atom. The van der Waals surface area contributed by atoms with Gasteiger partial charge in [0.2, 0.25) is 0 Å². The van der Waals surface area contributed by atoms with Crippen LogP contribution in [0.4, 0.5) is 0 Å². The number of amides is 1. The predicted molar refractivity (Wildman–Crippen MR) is 114 cm³/mol. The van der Waals surface area contributed by atoms with Gasteiger partial charge in [-0.15, -0.1) is 11.3 Å². The lowest BCUT2D eigenvalue weighted by molar-refractivity contribution is 0.0889. The first-order valence-corrected chi connectivity index (χ1v) is 10.8. The second kappa shape index (κ2) is 8.76. The second-order valence-corrected chi connectivity index (χ2v) is 8.47. The molecular formula is C23H26N2O2S.